The Morgan fingerprint density at radius 3 is 2.77 bits per heavy atom. The average molecular weight is 194 g/mol. The highest BCUT2D eigenvalue weighted by molar-refractivity contribution is 7.20. The van der Waals surface area contributed by atoms with E-state index in [9.17, 15) is 10.2 Å². The highest BCUT2D eigenvalue weighted by Crippen LogP contribution is 2.36. The Bertz CT molecular complexity index is 445. The second-order valence-corrected chi connectivity index (χ2v) is 3.95. The van der Waals surface area contributed by atoms with Crippen LogP contribution in [0.4, 0.5) is 0 Å². The maximum atomic E-state index is 9.54. The number of phenols is 1. The number of phenolic OH excluding ortho intramolecular Hbond substituents is 1. The smallest absolute Gasteiger partial charge is 0.172 e. The second kappa shape index (κ2) is 2.92. The first kappa shape index (κ1) is 8.38. The van der Waals surface area contributed by atoms with Crippen LogP contribution in [0.2, 0.25) is 0 Å². The Morgan fingerprint density at radius 2 is 2.08 bits per heavy atom. The molecule has 1 heterocycles. The third kappa shape index (κ3) is 1.25. The van der Waals surface area contributed by atoms with Gasteiger partial charge in [-0.1, -0.05) is 18.3 Å². The summed E-state index contributed by atoms with van der Waals surface area (Å²) < 4.78 is 0.986. The summed E-state index contributed by atoms with van der Waals surface area (Å²) in [6.07, 6.45) is 0.781. The molecule has 0 aliphatic rings. The lowest BCUT2D eigenvalue weighted by molar-refractivity contribution is 0.470. The molecule has 0 saturated heterocycles. The maximum Gasteiger partial charge on any atom is 0.172 e. The van der Waals surface area contributed by atoms with Gasteiger partial charge in [0.05, 0.1) is 0 Å². The summed E-state index contributed by atoms with van der Waals surface area (Å²) in [7, 11) is 0. The fourth-order valence-electron chi connectivity index (χ4n) is 1.48. The van der Waals surface area contributed by atoms with E-state index in [0.29, 0.717) is 10.8 Å². The number of aryl methyl sites for hydroxylation is 1. The molecule has 2 rings (SSSR count). The summed E-state index contributed by atoms with van der Waals surface area (Å²) in [5.41, 5.74) is 0.919. The largest absolute Gasteiger partial charge is 0.508 e. The molecule has 0 amide bonds. The highest BCUT2D eigenvalue weighted by atomic mass is 32.1. The zero-order valence-electron chi connectivity index (χ0n) is 7.24. The minimum atomic E-state index is 0.301. The van der Waals surface area contributed by atoms with Crippen LogP contribution < -0.4 is 0 Å². The van der Waals surface area contributed by atoms with Crippen LogP contribution in [-0.4, -0.2) is 10.2 Å². The molecule has 3 heteroatoms. The van der Waals surface area contributed by atoms with Gasteiger partial charge in [0.25, 0.3) is 0 Å². The molecule has 0 atom stereocenters. The zero-order chi connectivity index (χ0) is 9.42. The van der Waals surface area contributed by atoms with Gasteiger partial charge in [0.2, 0.25) is 0 Å². The van der Waals surface area contributed by atoms with Crippen molar-refractivity contribution in [1.29, 1.82) is 0 Å². The summed E-state index contributed by atoms with van der Waals surface area (Å²) in [5, 5.41) is 20.1. The van der Waals surface area contributed by atoms with Gasteiger partial charge in [0.1, 0.15) is 5.75 Å². The molecule has 2 nitrogen and oxygen atoms in total. The molecule has 13 heavy (non-hydrogen) atoms. The standard InChI is InChI=1S/C10H10O2S/c1-2-7-8(11)4-3-6-5-9(12)13-10(6)7/h3-5,11-12H,2H2,1H3. The lowest BCUT2D eigenvalue weighted by Gasteiger charge is -2.01. The number of aromatic hydroxyl groups is 2. The van der Waals surface area contributed by atoms with Gasteiger partial charge in [-0.2, -0.15) is 0 Å². The maximum absolute atomic E-state index is 9.54. The van der Waals surface area contributed by atoms with E-state index in [1.807, 2.05) is 13.0 Å². The molecule has 0 spiro atoms. The second-order valence-electron chi connectivity index (χ2n) is 2.92. The van der Waals surface area contributed by atoms with Gasteiger partial charge in [-0.05, 0) is 30.0 Å². The normalized spacial score (nSPS) is 10.8. The van der Waals surface area contributed by atoms with Gasteiger partial charge in [-0.3, -0.25) is 0 Å². The summed E-state index contributed by atoms with van der Waals surface area (Å²) >= 11 is 1.31. The van der Waals surface area contributed by atoms with Crippen molar-refractivity contribution in [2.24, 2.45) is 0 Å². The number of thiophene rings is 1. The van der Waals surface area contributed by atoms with E-state index < -0.39 is 0 Å². The predicted molar refractivity (Wildman–Crippen MR) is 54.5 cm³/mol. The van der Waals surface area contributed by atoms with Gasteiger partial charge < -0.3 is 10.2 Å². The molecule has 1 aromatic carbocycles. The summed E-state index contributed by atoms with van der Waals surface area (Å²) in [6, 6.07) is 5.21. The molecule has 0 aliphatic carbocycles. The first-order valence-electron chi connectivity index (χ1n) is 4.15. The Balaban J connectivity index is 2.82. The van der Waals surface area contributed by atoms with Crippen molar-refractivity contribution in [2.45, 2.75) is 13.3 Å². The molecule has 2 N–H and O–H groups in total. The molecule has 68 valence electrons. The molecule has 0 fully saturated rings. The fraction of sp³-hybridized carbons (Fsp3) is 0.200. The van der Waals surface area contributed by atoms with Crippen molar-refractivity contribution in [3.8, 4) is 10.8 Å². The number of rotatable bonds is 1. The van der Waals surface area contributed by atoms with Gasteiger partial charge >= 0.3 is 0 Å². The third-order valence-electron chi connectivity index (χ3n) is 2.11. The van der Waals surface area contributed by atoms with Crippen LogP contribution in [0.3, 0.4) is 0 Å². The number of fused-ring (bicyclic) bond motifs is 1. The summed E-state index contributed by atoms with van der Waals surface area (Å²) in [6.45, 7) is 1.99. The van der Waals surface area contributed by atoms with Crippen LogP contribution in [0.15, 0.2) is 18.2 Å². The predicted octanol–water partition coefficient (Wildman–Crippen LogP) is 2.87. The van der Waals surface area contributed by atoms with E-state index in [-0.39, 0.29) is 0 Å². The Kier molecular flexibility index (Phi) is 1.88. The van der Waals surface area contributed by atoms with Gasteiger partial charge in [0, 0.05) is 10.3 Å². The van der Waals surface area contributed by atoms with Crippen molar-refractivity contribution in [2.75, 3.05) is 0 Å². The van der Waals surface area contributed by atoms with Gasteiger partial charge in [0.15, 0.2) is 5.06 Å². The first-order chi connectivity index (χ1) is 6.22. The first-order valence-corrected chi connectivity index (χ1v) is 4.97. The van der Waals surface area contributed by atoms with Crippen molar-refractivity contribution >= 4 is 21.4 Å². The molecular formula is C10H10O2S. The summed E-state index contributed by atoms with van der Waals surface area (Å²) in [4.78, 5) is 0. The van der Waals surface area contributed by atoms with Crippen LogP contribution >= 0.6 is 11.3 Å². The molecule has 0 aliphatic heterocycles. The quantitative estimate of drug-likeness (QED) is 0.732. The molecule has 2 aromatic rings. The van der Waals surface area contributed by atoms with E-state index in [1.165, 1.54) is 11.3 Å². The zero-order valence-corrected chi connectivity index (χ0v) is 8.06. The lowest BCUT2D eigenvalue weighted by Crippen LogP contribution is -1.80. The van der Waals surface area contributed by atoms with Crippen LogP contribution in [-0.2, 0) is 6.42 Å². The van der Waals surface area contributed by atoms with Crippen molar-refractivity contribution in [3.05, 3.63) is 23.8 Å². The SMILES string of the molecule is CCc1c(O)ccc2cc(O)sc12. The minimum absolute atomic E-state index is 0.301. The fourth-order valence-corrected chi connectivity index (χ4v) is 2.49. The summed E-state index contributed by atoms with van der Waals surface area (Å²) in [5.74, 6) is 0.317. The molecule has 0 unspecified atom stereocenters. The monoisotopic (exact) mass is 194 g/mol. The molecular weight excluding hydrogens is 184 g/mol. The van der Waals surface area contributed by atoms with Crippen LogP contribution in [0.5, 0.6) is 10.8 Å². The van der Waals surface area contributed by atoms with E-state index >= 15 is 0 Å². The van der Waals surface area contributed by atoms with Crippen molar-refractivity contribution in [1.82, 2.24) is 0 Å². The Morgan fingerprint density at radius 1 is 1.31 bits per heavy atom. The number of hydrogen-bond donors (Lipinski definition) is 2. The van der Waals surface area contributed by atoms with Crippen molar-refractivity contribution in [3.63, 3.8) is 0 Å². The molecule has 1 aromatic heterocycles. The Labute approximate surface area is 80.1 Å². The van der Waals surface area contributed by atoms with Gasteiger partial charge in [-0.25, -0.2) is 0 Å². The van der Waals surface area contributed by atoms with Gasteiger partial charge in [-0.15, -0.1) is 0 Å². The van der Waals surface area contributed by atoms with E-state index in [0.717, 1.165) is 22.1 Å². The highest BCUT2D eigenvalue weighted by Gasteiger charge is 2.08. The Hall–Kier alpha value is -1.22. The van der Waals surface area contributed by atoms with E-state index in [2.05, 4.69) is 0 Å². The average Bonchev–Trinajstić information content (AvgIpc) is 2.45. The van der Waals surface area contributed by atoms with Crippen LogP contribution in [0.25, 0.3) is 10.1 Å². The van der Waals surface area contributed by atoms with E-state index in [1.54, 1.807) is 12.1 Å². The van der Waals surface area contributed by atoms with Crippen molar-refractivity contribution < 1.29 is 10.2 Å². The van der Waals surface area contributed by atoms with Crippen LogP contribution in [0, 0.1) is 0 Å². The lowest BCUT2D eigenvalue weighted by atomic mass is 10.1. The third-order valence-corrected chi connectivity index (χ3v) is 3.12. The molecule has 0 bridgehead atoms. The van der Waals surface area contributed by atoms with Crippen LogP contribution in [0.1, 0.15) is 12.5 Å². The minimum Gasteiger partial charge on any atom is -0.508 e. The number of benzene rings is 1. The molecule has 0 saturated carbocycles. The molecule has 0 radical (unpaired) electrons. The topological polar surface area (TPSA) is 40.5 Å². The van der Waals surface area contributed by atoms with E-state index in [4.69, 9.17) is 0 Å². The number of hydrogen-bond acceptors (Lipinski definition) is 3.